The van der Waals surface area contributed by atoms with Crippen molar-refractivity contribution in [3.05, 3.63) is 18.2 Å². The number of fused-ring (bicyclic) bond motifs is 1. The van der Waals surface area contributed by atoms with Crippen molar-refractivity contribution in [1.29, 1.82) is 0 Å². The predicted octanol–water partition coefficient (Wildman–Crippen LogP) is 1.96. The summed E-state index contributed by atoms with van der Waals surface area (Å²) in [5.74, 6) is 0.619. The van der Waals surface area contributed by atoms with E-state index in [1.54, 1.807) is 23.1 Å². The van der Waals surface area contributed by atoms with Crippen LogP contribution in [0.15, 0.2) is 18.2 Å². The Hall–Kier alpha value is -2.24. The number of rotatable bonds is 3. The van der Waals surface area contributed by atoms with E-state index in [-0.39, 0.29) is 11.9 Å². The van der Waals surface area contributed by atoms with Gasteiger partial charge in [-0.1, -0.05) is 6.92 Å². The Morgan fingerprint density at radius 1 is 1.40 bits per heavy atom. The van der Waals surface area contributed by atoms with Gasteiger partial charge in [0.25, 0.3) is 0 Å². The summed E-state index contributed by atoms with van der Waals surface area (Å²) in [6.45, 7) is 5.13. The maximum Gasteiger partial charge on any atom is 0.319 e. The quantitative estimate of drug-likeness (QED) is 0.887. The molecule has 0 unspecified atom stereocenters. The lowest BCUT2D eigenvalue weighted by atomic mass is 10.2. The van der Waals surface area contributed by atoms with Crippen molar-refractivity contribution in [3.63, 3.8) is 0 Å². The Balaban J connectivity index is 2.15. The fourth-order valence-corrected chi connectivity index (χ4v) is 2.04. The Morgan fingerprint density at radius 2 is 2.20 bits per heavy atom. The third-order valence-electron chi connectivity index (χ3n) is 3.00. The lowest BCUT2D eigenvalue weighted by Crippen LogP contribution is -2.36. The number of hydrogen-bond acceptors (Lipinski definition) is 3. The van der Waals surface area contributed by atoms with E-state index in [4.69, 9.17) is 4.74 Å². The van der Waals surface area contributed by atoms with Gasteiger partial charge in [0, 0.05) is 19.2 Å². The number of nitrogens with one attached hydrogen (secondary N) is 2. The van der Waals surface area contributed by atoms with E-state index in [2.05, 4.69) is 10.6 Å². The van der Waals surface area contributed by atoms with Crippen molar-refractivity contribution in [2.75, 3.05) is 29.9 Å². The number of carbonyl (C=O) groups excluding carboxylic acids is 2. The van der Waals surface area contributed by atoms with Gasteiger partial charge in [-0.05, 0) is 24.6 Å². The fourth-order valence-electron chi connectivity index (χ4n) is 2.04. The molecule has 1 aliphatic heterocycles. The van der Waals surface area contributed by atoms with Gasteiger partial charge in [0.1, 0.15) is 12.4 Å². The first kappa shape index (κ1) is 14.2. The van der Waals surface area contributed by atoms with E-state index < -0.39 is 0 Å². The van der Waals surface area contributed by atoms with Crippen molar-refractivity contribution >= 4 is 23.3 Å². The first-order valence-electron chi connectivity index (χ1n) is 6.71. The molecule has 0 aromatic heterocycles. The lowest BCUT2D eigenvalue weighted by molar-refractivity contribution is -0.116. The summed E-state index contributed by atoms with van der Waals surface area (Å²) in [5.41, 5.74) is 1.33. The summed E-state index contributed by atoms with van der Waals surface area (Å²) >= 11 is 0. The molecule has 20 heavy (non-hydrogen) atoms. The zero-order valence-corrected chi connectivity index (χ0v) is 11.7. The highest BCUT2D eigenvalue weighted by Gasteiger charge is 2.21. The van der Waals surface area contributed by atoms with E-state index in [0.717, 1.165) is 6.42 Å². The highest BCUT2D eigenvalue weighted by molar-refractivity contribution is 5.96. The van der Waals surface area contributed by atoms with Crippen LogP contribution in [0.1, 0.15) is 20.3 Å². The number of hydrogen-bond donors (Lipinski definition) is 2. The van der Waals surface area contributed by atoms with Crippen LogP contribution in [0.5, 0.6) is 5.75 Å². The molecule has 0 atom stereocenters. The minimum atomic E-state index is -0.252. The van der Waals surface area contributed by atoms with Crippen LogP contribution in [0.25, 0.3) is 0 Å². The highest BCUT2D eigenvalue weighted by atomic mass is 16.5. The molecule has 2 N–H and O–H groups in total. The molecule has 6 heteroatoms. The first-order valence-corrected chi connectivity index (χ1v) is 6.71. The van der Waals surface area contributed by atoms with Gasteiger partial charge in [-0.15, -0.1) is 0 Å². The van der Waals surface area contributed by atoms with Crippen LogP contribution in [-0.4, -0.2) is 31.6 Å². The molecule has 0 spiro atoms. The molecule has 3 amide bonds. The zero-order valence-electron chi connectivity index (χ0n) is 11.7. The van der Waals surface area contributed by atoms with Crippen molar-refractivity contribution in [3.8, 4) is 5.75 Å². The van der Waals surface area contributed by atoms with Gasteiger partial charge in [-0.25, -0.2) is 4.79 Å². The van der Waals surface area contributed by atoms with Crippen LogP contribution in [0.4, 0.5) is 16.2 Å². The molecule has 108 valence electrons. The van der Waals surface area contributed by atoms with Gasteiger partial charge in [0.15, 0.2) is 0 Å². The average molecular weight is 277 g/mol. The molecule has 2 rings (SSSR count). The molecule has 1 aliphatic rings. The van der Waals surface area contributed by atoms with E-state index in [9.17, 15) is 9.59 Å². The van der Waals surface area contributed by atoms with Crippen LogP contribution in [-0.2, 0) is 4.79 Å². The molecule has 0 fully saturated rings. The SMILES string of the molecule is CCCNC(=O)Nc1ccc2c(c1)N(C(C)=O)CCO2. The number of carbonyl (C=O) groups is 2. The molecule has 0 bridgehead atoms. The molecular weight excluding hydrogens is 258 g/mol. The van der Waals surface area contributed by atoms with Gasteiger partial charge >= 0.3 is 6.03 Å². The second-order valence-corrected chi connectivity index (χ2v) is 4.58. The predicted molar refractivity (Wildman–Crippen MR) is 77.3 cm³/mol. The Labute approximate surface area is 118 Å². The van der Waals surface area contributed by atoms with Gasteiger partial charge in [0.2, 0.25) is 5.91 Å². The van der Waals surface area contributed by atoms with Crippen LogP contribution >= 0.6 is 0 Å². The average Bonchev–Trinajstić information content (AvgIpc) is 2.44. The smallest absolute Gasteiger partial charge is 0.319 e. The second kappa shape index (κ2) is 6.27. The zero-order chi connectivity index (χ0) is 14.5. The number of anilines is 2. The van der Waals surface area contributed by atoms with Gasteiger partial charge in [-0.2, -0.15) is 0 Å². The molecular formula is C14H19N3O3. The molecule has 1 aromatic carbocycles. The Bertz CT molecular complexity index is 516. The minimum absolute atomic E-state index is 0.0397. The number of amides is 3. The summed E-state index contributed by atoms with van der Waals surface area (Å²) in [5, 5.41) is 5.48. The van der Waals surface area contributed by atoms with Crippen molar-refractivity contribution in [1.82, 2.24) is 5.32 Å². The van der Waals surface area contributed by atoms with Crippen molar-refractivity contribution in [2.24, 2.45) is 0 Å². The number of urea groups is 1. The third-order valence-corrected chi connectivity index (χ3v) is 3.00. The molecule has 6 nitrogen and oxygen atoms in total. The van der Waals surface area contributed by atoms with Crippen LogP contribution in [0.2, 0.25) is 0 Å². The number of benzene rings is 1. The third kappa shape index (κ3) is 3.20. The molecule has 0 aliphatic carbocycles. The lowest BCUT2D eigenvalue weighted by Gasteiger charge is -2.29. The van der Waals surface area contributed by atoms with Crippen molar-refractivity contribution < 1.29 is 14.3 Å². The molecule has 0 saturated carbocycles. The minimum Gasteiger partial charge on any atom is -0.490 e. The maximum absolute atomic E-state index is 11.6. The second-order valence-electron chi connectivity index (χ2n) is 4.58. The summed E-state index contributed by atoms with van der Waals surface area (Å²) in [6.07, 6.45) is 0.879. The summed E-state index contributed by atoms with van der Waals surface area (Å²) < 4.78 is 5.51. The number of nitrogens with zero attached hydrogens (tertiary/aromatic N) is 1. The molecule has 1 aromatic rings. The maximum atomic E-state index is 11.6. The van der Waals surface area contributed by atoms with Gasteiger partial charge < -0.3 is 20.3 Å². The summed E-state index contributed by atoms with van der Waals surface area (Å²) in [4.78, 5) is 24.9. The van der Waals surface area contributed by atoms with E-state index in [1.165, 1.54) is 6.92 Å². The molecule has 0 saturated heterocycles. The van der Waals surface area contributed by atoms with Crippen LogP contribution in [0, 0.1) is 0 Å². The molecule has 0 radical (unpaired) electrons. The van der Waals surface area contributed by atoms with E-state index >= 15 is 0 Å². The fraction of sp³-hybridized carbons (Fsp3) is 0.429. The largest absolute Gasteiger partial charge is 0.490 e. The Kier molecular flexibility index (Phi) is 4.45. The normalized spacial score (nSPS) is 13.2. The monoisotopic (exact) mass is 277 g/mol. The molecule has 1 heterocycles. The standard InChI is InChI=1S/C14H19N3O3/c1-3-6-15-14(19)16-11-4-5-13-12(9-11)17(10(2)18)7-8-20-13/h4-5,9H,3,6-8H2,1-2H3,(H2,15,16,19). The number of ether oxygens (including phenoxy) is 1. The van der Waals surface area contributed by atoms with Crippen LogP contribution < -0.4 is 20.3 Å². The van der Waals surface area contributed by atoms with E-state index in [0.29, 0.717) is 36.8 Å². The van der Waals surface area contributed by atoms with Gasteiger partial charge in [-0.3, -0.25) is 4.79 Å². The van der Waals surface area contributed by atoms with E-state index in [1.807, 2.05) is 6.92 Å². The summed E-state index contributed by atoms with van der Waals surface area (Å²) in [7, 11) is 0. The first-order chi connectivity index (χ1) is 9.61. The topological polar surface area (TPSA) is 70.7 Å². The van der Waals surface area contributed by atoms with Crippen molar-refractivity contribution in [2.45, 2.75) is 20.3 Å². The van der Waals surface area contributed by atoms with Gasteiger partial charge in [0.05, 0.1) is 12.2 Å². The van der Waals surface area contributed by atoms with Crippen LogP contribution in [0.3, 0.4) is 0 Å². The highest BCUT2D eigenvalue weighted by Crippen LogP contribution is 2.34. The summed E-state index contributed by atoms with van der Waals surface area (Å²) in [6, 6.07) is 5.02. The Morgan fingerprint density at radius 3 is 2.90 bits per heavy atom.